The number of carbonyl (C=O) groups excluding carboxylic acids is 1. The van der Waals surface area contributed by atoms with Gasteiger partial charge in [-0.05, 0) is 30.2 Å². The number of nitrogens with zero attached hydrogens (tertiary/aromatic N) is 4. The summed E-state index contributed by atoms with van der Waals surface area (Å²) < 4.78 is 1.71. The highest BCUT2D eigenvalue weighted by molar-refractivity contribution is 7.22. The van der Waals surface area contributed by atoms with Gasteiger partial charge in [-0.25, -0.2) is 4.98 Å². The van der Waals surface area contributed by atoms with Crippen LogP contribution < -0.4 is 15.8 Å². The third-order valence-corrected chi connectivity index (χ3v) is 6.13. The standard InChI is InChI=1S/C22H20ClN5O2S/c1-14-8-9-16(23)10-17(14)25-18(29)12-28-13-24-20-19(21(28)30)31-22(26-20)27(2)11-15-6-4-3-5-7-15/h3-10,13H,11-12H2,1-2H3,(H,25,29). The SMILES string of the molecule is Cc1ccc(Cl)cc1NC(=O)Cn1cnc2nc(N(C)Cc3ccccc3)sc2c1=O. The molecule has 0 aliphatic rings. The zero-order valence-corrected chi connectivity index (χ0v) is 18.6. The first-order valence-electron chi connectivity index (χ1n) is 9.58. The monoisotopic (exact) mass is 453 g/mol. The van der Waals surface area contributed by atoms with Crippen molar-refractivity contribution < 1.29 is 4.79 Å². The number of rotatable bonds is 6. The van der Waals surface area contributed by atoms with Crippen LogP contribution in [0.4, 0.5) is 10.8 Å². The number of nitrogens with one attached hydrogen (secondary N) is 1. The molecule has 4 aromatic rings. The number of aryl methyl sites for hydroxylation is 1. The van der Waals surface area contributed by atoms with Gasteiger partial charge in [0.1, 0.15) is 17.6 Å². The topological polar surface area (TPSA) is 80.1 Å². The van der Waals surface area contributed by atoms with E-state index in [9.17, 15) is 9.59 Å². The summed E-state index contributed by atoms with van der Waals surface area (Å²) >= 11 is 7.27. The van der Waals surface area contributed by atoms with Gasteiger partial charge < -0.3 is 10.2 Å². The minimum Gasteiger partial charge on any atom is -0.347 e. The molecular weight excluding hydrogens is 434 g/mol. The third kappa shape index (κ3) is 4.76. The van der Waals surface area contributed by atoms with Gasteiger partial charge >= 0.3 is 0 Å². The number of aromatic nitrogens is 3. The van der Waals surface area contributed by atoms with E-state index in [1.807, 2.05) is 55.3 Å². The van der Waals surface area contributed by atoms with Gasteiger partial charge in [-0.1, -0.05) is 59.3 Å². The maximum Gasteiger partial charge on any atom is 0.273 e. The van der Waals surface area contributed by atoms with Crippen molar-refractivity contribution in [3.63, 3.8) is 0 Å². The summed E-state index contributed by atoms with van der Waals surface area (Å²) in [7, 11) is 1.92. The fourth-order valence-corrected chi connectivity index (χ4v) is 4.21. The molecule has 31 heavy (non-hydrogen) atoms. The lowest BCUT2D eigenvalue weighted by molar-refractivity contribution is -0.116. The Labute approximate surface area is 187 Å². The molecule has 1 N–H and O–H groups in total. The van der Waals surface area contributed by atoms with E-state index >= 15 is 0 Å². The van der Waals surface area contributed by atoms with Crippen LogP contribution in [-0.2, 0) is 17.9 Å². The zero-order chi connectivity index (χ0) is 22.0. The average Bonchev–Trinajstić information content (AvgIpc) is 3.19. The molecule has 0 saturated heterocycles. The summed E-state index contributed by atoms with van der Waals surface area (Å²) in [5, 5.41) is 4.01. The Kier molecular flexibility index (Phi) is 6.01. The molecule has 4 rings (SSSR count). The summed E-state index contributed by atoms with van der Waals surface area (Å²) in [5.41, 5.74) is 2.73. The molecule has 2 aromatic carbocycles. The van der Waals surface area contributed by atoms with Crippen LogP contribution in [0.25, 0.3) is 10.3 Å². The molecule has 0 fully saturated rings. The number of amides is 1. The maximum atomic E-state index is 12.9. The van der Waals surface area contributed by atoms with E-state index in [0.717, 1.165) is 11.1 Å². The molecule has 0 bridgehead atoms. The van der Waals surface area contributed by atoms with Gasteiger partial charge in [0.2, 0.25) is 5.91 Å². The second kappa shape index (κ2) is 8.87. The lowest BCUT2D eigenvalue weighted by Crippen LogP contribution is -2.27. The zero-order valence-electron chi connectivity index (χ0n) is 17.0. The molecule has 9 heteroatoms. The van der Waals surface area contributed by atoms with Crippen LogP contribution in [0.15, 0.2) is 59.7 Å². The number of fused-ring (bicyclic) bond motifs is 1. The number of anilines is 2. The van der Waals surface area contributed by atoms with Gasteiger partial charge in [-0.15, -0.1) is 0 Å². The highest BCUT2D eigenvalue weighted by Crippen LogP contribution is 2.25. The Morgan fingerprint density at radius 2 is 2.00 bits per heavy atom. The molecule has 158 valence electrons. The van der Waals surface area contributed by atoms with Crippen molar-refractivity contribution in [1.82, 2.24) is 14.5 Å². The average molecular weight is 454 g/mol. The highest BCUT2D eigenvalue weighted by Gasteiger charge is 2.15. The molecule has 0 aliphatic carbocycles. The van der Waals surface area contributed by atoms with Crippen LogP contribution in [0.1, 0.15) is 11.1 Å². The first-order chi connectivity index (χ1) is 14.9. The third-order valence-electron chi connectivity index (χ3n) is 4.75. The Morgan fingerprint density at radius 3 is 2.77 bits per heavy atom. The van der Waals surface area contributed by atoms with Gasteiger partial charge in [0.05, 0.1) is 0 Å². The first kappa shape index (κ1) is 21.0. The Bertz CT molecular complexity index is 1300. The molecule has 2 heterocycles. The number of carbonyl (C=O) groups is 1. The van der Waals surface area contributed by atoms with Crippen LogP contribution in [0.5, 0.6) is 0 Å². The smallest absolute Gasteiger partial charge is 0.273 e. The van der Waals surface area contributed by atoms with Crippen LogP contribution in [-0.4, -0.2) is 27.5 Å². The number of benzene rings is 2. The molecule has 2 aromatic heterocycles. The lowest BCUT2D eigenvalue weighted by atomic mass is 10.2. The molecule has 0 spiro atoms. The van der Waals surface area contributed by atoms with E-state index in [0.29, 0.717) is 32.7 Å². The fraction of sp³-hybridized carbons (Fsp3) is 0.182. The molecule has 0 atom stereocenters. The van der Waals surface area contributed by atoms with Crippen molar-refractivity contribution in [2.24, 2.45) is 0 Å². The maximum absolute atomic E-state index is 12.9. The molecular formula is C22H20ClN5O2S. The van der Waals surface area contributed by atoms with E-state index in [-0.39, 0.29) is 18.0 Å². The Balaban J connectivity index is 1.53. The molecule has 0 saturated carbocycles. The van der Waals surface area contributed by atoms with Gasteiger partial charge in [-0.3, -0.25) is 14.2 Å². The van der Waals surface area contributed by atoms with Crippen molar-refractivity contribution >= 4 is 50.0 Å². The van der Waals surface area contributed by atoms with Crippen LogP contribution in [0, 0.1) is 6.92 Å². The molecule has 7 nitrogen and oxygen atoms in total. The summed E-state index contributed by atoms with van der Waals surface area (Å²) in [6.07, 6.45) is 1.36. The summed E-state index contributed by atoms with van der Waals surface area (Å²) in [6.45, 7) is 2.38. The summed E-state index contributed by atoms with van der Waals surface area (Å²) in [5.74, 6) is -0.334. The summed E-state index contributed by atoms with van der Waals surface area (Å²) in [4.78, 5) is 36.1. The van der Waals surface area contributed by atoms with Crippen molar-refractivity contribution in [2.45, 2.75) is 20.0 Å². The van der Waals surface area contributed by atoms with E-state index in [2.05, 4.69) is 15.3 Å². The molecule has 1 amide bonds. The van der Waals surface area contributed by atoms with Crippen molar-refractivity contribution in [3.05, 3.63) is 81.4 Å². The summed E-state index contributed by atoms with van der Waals surface area (Å²) in [6, 6.07) is 15.3. The minimum atomic E-state index is -0.334. The van der Waals surface area contributed by atoms with Crippen molar-refractivity contribution in [3.8, 4) is 0 Å². The van der Waals surface area contributed by atoms with Crippen LogP contribution >= 0.6 is 22.9 Å². The minimum absolute atomic E-state index is 0.152. The van der Waals surface area contributed by atoms with Gasteiger partial charge in [0.15, 0.2) is 10.8 Å². The predicted octanol–water partition coefficient (Wildman–Crippen LogP) is 4.09. The number of hydrogen-bond donors (Lipinski definition) is 1. The number of thiazole rings is 1. The molecule has 0 aliphatic heterocycles. The molecule has 0 unspecified atom stereocenters. The Hall–Kier alpha value is -3.23. The fourth-order valence-electron chi connectivity index (χ4n) is 3.11. The quantitative estimate of drug-likeness (QED) is 0.475. The van der Waals surface area contributed by atoms with E-state index in [1.165, 1.54) is 22.2 Å². The van der Waals surface area contributed by atoms with Crippen LogP contribution in [0.2, 0.25) is 5.02 Å². The van der Waals surface area contributed by atoms with Gasteiger partial charge in [0, 0.05) is 24.3 Å². The van der Waals surface area contributed by atoms with Gasteiger partial charge in [-0.2, -0.15) is 4.98 Å². The molecule has 0 radical (unpaired) electrons. The lowest BCUT2D eigenvalue weighted by Gasteiger charge is -2.15. The van der Waals surface area contributed by atoms with Gasteiger partial charge in [0.25, 0.3) is 5.56 Å². The normalized spacial score (nSPS) is 10.9. The second-order valence-corrected chi connectivity index (χ2v) is 8.59. The van der Waals surface area contributed by atoms with Crippen molar-refractivity contribution in [1.29, 1.82) is 0 Å². The van der Waals surface area contributed by atoms with E-state index < -0.39 is 0 Å². The second-order valence-electron chi connectivity index (χ2n) is 7.18. The first-order valence-corrected chi connectivity index (χ1v) is 10.8. The Morgan fingerprint density at radius 1 is 1.23 bits per heavy atom. The van der Waals surface area contributed by atoms with E-state index in [1.54, 1.807) is 12.1 Å². The number of hydrogen-bond acceptors (Lipinski definition) is 6. The number of halogens is 1. The van der Waals surface area contributed by atoms with Crippen LogP contribution in [0.3, 0.4) is 0 Å². The predicted molar refractivity (Wildman–Crippen MR) is 125 cm³/mol. The van der Waals surface area contributed by atoms with E-state index in [4.69, 9.17) is 11.6 Å². The largest absolute Gasteiger partial charge is 0.347 e. The van der Waals surface area contributed by atoms with Crippen molar-refractivity contribution in [2.75, 3.05) is 17.3 Å². The highest BCUT2D eigenvalue weighted by atomic mass is 35.5.